The van der Waals surface area contributed by atoms with Crippen LogP contribution in [-0.2, 0) is 11.2 Å². The van der Waals surface area contributed by atoms with Crippen LogP contribution >= 0.6 is 0 Å². The van der Waals surface area contributed by atoms with E-state index in [0.29, 0.717) is 22.4 Å². The molecule has 15 heavy (non-hydrogen) atoms. The molecule has 0 spiro atoms. The van der Waals surface area contributed by atoms with E-state index < -0.39 is 5.97 Å². The molecule has 5 heteroatoms. The van der Waals surface area contributed by atoms with Crippen LogP contribution in [0.2, 0.25) is 0 Å². The first-order chi connectivity index (χ1) is 7.22. The van der Waals surface area contributed by atoms with Gasteiger partial charge in [0.25, 0.3) is 0 Å². The van der Waals surface area contributed by atoms with E-state index in [9.17, 15) is 4.79 Å². The second kappa shape index (κ2) is 3.61. The maximum Gasteiger partial charge on any atom is 0.307 e. The second-order valence-corrected chi connectivity index (χ2v) is 3.03. The maximum atomic E-state index is 10.6. The Morgan fingerprint density at radius 2 is 2.40 bits per heavy atom. The molecule has 0 fully saturated rings. The van der Waals surface area contributed by atoms with Gasteiger partial charge >= 0.3 is 5.97 Å². The summed E-state index contributed by atoms with van der Waals surface area (Å²) < 4.78 is 10.2. The maximum absolute atomic E-state index is 10.6. The van der Waals surface area contributed by atoms with Crippen molar-refractivity contribution in [2.45, 2.75) is 6.42 Å². The Balaban J connectivity index is 2.58. The van der Waals surface area contributed by atoms with Gasteiger partial charge in [0.15, 0.2) is 23.2 Å². The molecular formula is C10H9NO4. The molecule has 0 saturated heterocycles. The molecule has 5 nitrogen and oxygen atoms in total. The fraction of sp³-hybridized carbons (Fsp3) is 0.200. The van der Waals surface area contributed by atoms with Crippen molar-refractivity contribution in [1.82, 2.24) is 4.98 Å². The van der Waals surface area contributed by atoms with Gasteiger partial charge in [-0.25, -0.2) is 4.98 Å². The van der Waals surface area contributed by atoms with Crippen LogP contribution in [-0.4, -0.2) is 23.2 Å². The third-order valence-corrected chi connectivity index (χ3v) is 2.08. The Morgan fingerprint density at radius 3 is 3.07 bits per heavy atom. The number of nitrogens with zero attached hydrogens (tertiary/aromatic N) is 1. The van der Waals surface area contributed by atoms with Crippen LogP contribution in [0.15, 0.2) is 22.9 Å². The van der Waals surface area contributed by atoms with Gasteiger partial charge in [0.2, 0.25) is 0 Å². The number of carbonyl (C=O) groups is 1. The van der Waals surface area contributed by atoms with Crippen molar-refractivity contribution in [3.05, 3.63) is 24.1 Å². The van der Waals surface area contributed by atoms with Crippen molar-refractivity contribution < 1.29 is 19.1 Å². The van der Waals surface area contributed by atoms with Crippen molar-refractivity contribution in [3.63, 3.8) is 0 Å². The molecule has 1 aromatic carbocycles. The lowest BCUT2D eigenvalue weighted by Gasteiger charge is -2.05. The van der Waals surface area contributed by atoms with Crippen LogP contribution in [0.25, 0.3) is 11.1 Å². The molecule has 2 aromatic rings. The molecule has 0 bridgehead atoms. The predicted molar refractivity (Wildman–Crippen MR) is 51.9 cm³/mol. The van der Waals surface area contributed by atoms with Gasteiger partial charge in [-0.15, -0.1) is 0 Å². The number of aromatic nitrogens is 1. The summed E-state index contributed by atoms with van der Waals surface area (Å²) in [4.78, 5) is 14.6. The Labute approximate surface area is 85.3 Å². The lowest BCUT2D eigenvalue weighted by molar-refractivity contribution is -0.136. The van der Waals surface area contributed by atoms with E-state index in [-0.39, 0.29) is 6.42 Å². The molecular weight excluding hydrogens is 198 g/mol. The van der Waals surface area contributed by atoms with Gasteiger partial charge in [-0.3, -0.25) is 4.79 Å². The highest BCUT2D eigenvalue weighted by Crippen LogP contribution is 2.28. The fourth-order valence-electron chi connectivity index (χ4n) is 1.48. The van der Waals surface area contributed by atoms with Gasteiger partial charge in [0.1, 0.15) is 0 Å². The first kappa shape index (κ1) is 9.51. The van der Waals surface area contributed by atoms with Gasteiger partial charge in [0, 0.05) is 5.56 Å². The van der Waals surface area contributed by atoms with E-state index in [4.69, 9.17) is 14.3 Å². The number of ether oxygens (including phenoxy) is 1. The highest BCUT2D eigenvalue weighted by molar-refractivity contribution is 5.83. The number of oxazole rings is 1. The molecule has 0 aliphatic heterocycles. The quantitative estimate of drug-likeness (QED) is 0.824. The Morgan fingerprint density at radius 1 is 1.60 bits per heavy atom. The van der Waals surface area contributed by atoms with Crippen LogP contribution in [0.5, 0.6) is 5.75 Å². The average molecular weight is 207 g/mol. The zero-order chi connectivity index (χ0) is 10.8. The predicted octanol–water partition coefficient (Wildman–Crippen LogP) is 1.46. The molecule has 0 aliphatic carbocycles. The van der Waals surface area contributed by atoms with E-state index in [1.54, 1.807) is 12.1 Å². The van der Waals surface area contributed by atoms with Crippen LogP contribution in [0, 0.1) is 0 Å². The van der Waals surface area contributed by atoms with Crippen LogP contribution in [0.1, 0.15) is 5.56 Å². The van der Waals surface area contributed by atoms with Crippen molar-refractivity contribution in [2.75, 3.05) is 7.11 Å². The first-order valence-corrected chi connectivity index (χ1v) is 4.33. The van der Waals surface area contributed by atoms with Crippen LogP contribution in [0.4, 0.5) is 0 Å². The SMILES string of the molecule is COc1c(CC(=O)O)ccc2ocnc12. The molecule has 0 radical (unpaired) electrons. The summed E-state index contributed by atoms with van der Waals surface area (Å²) in [5.41, 5.74) is 1.73. The van der Waals surface area contributed by atoms with E-state index in [1.165, 1.54) is 13.5 Å². The first-order valence-electron chi connectivity index (χ1n) is 4.33. The second-order valence-electron chi connectivity index (χ2n) is 3.03. The summed E-state index contributed by atoms with van der Waals surface area (Å²) in [5, 5.41) is 8.71. The summed E-state index contributed by atoms with van der Waals surface area (Å²) >= 11 is 0. The molecule has 0 atom stereocenters. The number of aliphatic carboxylic acids is 1. The zero-order valence-corrected chi connectivity index (χ0v) is 8.06. The topological polar surface area (TPSA) is 72.6 Å². The fourth-order valence-corrected chi connectivity index (χ4v) is 1.48. The third-order valence-electron chi connectivity index (χ3n) is 2.08. The average Bonchev–Trinajstić information content (AvgIpc) is 2.64. The summed E-state index contributed by atoms with van der Waals surface area (Å²) in [6.45, 7) is 0. The number of fused-ring (bicyclic) bond motifs is 1. The molecule has 0 unspecified atom stereocenters. The molecule has 1 N–H and O–H groups in total. The lowest BCUT2D eigenvalue weighted by Crippen LogP contribution is -2.02. The number of benzene rings is 1. The molecule has 78 valence electrons. The van der Waals surface area contributed by atoms with Gasteiger partial charge in [-0.05, 0) is 6.07 Å². The standard InChI is InChI=1S/C10H9NO4/c1-14-10-6(4-8(12)13)2-3-7-9(10)11-5-15-7/h2-3,5H,4H2,1H3,(H,12,13). The molecule has 1 heterocycles. The number of hydrogen-bond acceptors (Lipinski definition) is 4. The summed E-state index contributed by atoms with van der Waals surface area (Å²) in [7, 11) is 1.48. The number of methoxy groups -OCH3 is 1. The Hall–Kier alpha value is -2.04. The minimum Gasteiger partial charge on any atom is -0.494 e. The van der Waals surface area contributed by atoms with E-state index in [2.05, 4.69) is 4.98 Å². The van der Waals surface area contributed by atoms with Crippen molar-refractivity contribution >= 4 is 17.1 Å². The third kappa shape index (κ3) is 1.63. The monoisotopic (exact) mass is 207 g/mol. The van der Waals surface area contributed by atoms with E-state index in [0.717, 1.165) is 0 Å². The van der Waals surface area contributed by atoms with Gasteiger partial charge < -0.3 is 14.3 Å². The van der Waals surface area contributed by atoms with E-state index in [1.807, 2.05) is 0 Å². The highest BCUT2D eigenvalue weighted by Gasteiger charge is 2.13. The molecule has 0 saturated carbocycles. The Bertz CT molecular complexity index is 503. The number of carboxylic acids is 1. The molecule has 0 amide bonds. The van der Waals surface area contributed by atoms with Crippen LogP contribution in [0.3, 0.4) is 0 Å². The van der Waals surface area contributed by atoms with Crippen molar-refractivity contribution in [1.29, 1.82) is 0 Å². The van der Waals surface area contributed by atoms with Gasteiger partial charge in [0.05, 0.1) is 13.5 Å². The number of rotatable bonds is 3. The van der Waals surface area contributed by atoms with Gasteiger partial charge in [-0.1, -0.05) is 6.07 Å². The smallest absolute Gasteiger partial charge is 0.307 e. The highest BCUT2D eigenvalue weighted by atomic mass is 16.5. The minimum atomic E-state index is -0.906. The summed E-state index contributed by atoms with van der Waals surface area (Å²) in [6, 6.07) is 3.35. The Kier molecular flexibility index (Phi) is 2.29. The summed E-state index contributed by atoms with van der Waals surface area (Å²) in [6.07, 6.45) is 1.21. The number of carboxylic acid groups (broad SMARTS) is 1. The van der Waals surface area contributed by atoms with Crippen LogP contribution < -0.4 is 4.74 Å². The van der Waals surface area contributed by atoms with Gasteiger partial charge in [-0.2, -0.15) is 0 Å². The minimum absolute atomic E-state index is 0.0913. The van der Waals surface area contributed by atoms with Crippen molar-refractivity contribution in [3.8, 4) is 5.75 Å². The van der Waals surface area contributed by atoms with Crippen molar-refractivity contribution in [2.24, 2.45) is 0 Å². The normalized spacial score (nSPS) is 10.5. The van der Waals surface area contributed by atoms with E-state index >= 15 is 0 Å². The summed E-state index contributed by atoms with van der Waals surface area (Å²) in [5.74, 6) is -0.445. The zero-order valence-electron chi connectivity index (χ0n) is 8.06. The number of hydrogen-bond donors (Lipinski definition) is 1. The lowest BCUT2D eigenvalue weighted by atomic mass is 10.1. The largest absolute Gasteiger partial charge is 0.494 e. The molecule has 2 rings (SSSR count). The molecule has 1 aromatic heterocycles. The molecule has 0 aliphatic rings.